The summed E-state index contributed by atoms with van der Waals surface area (Å²) >= 11 is 0. The van der Waals surface area contributed by atoms with E-state index in [2.05, 4.69) is 0 Å². The molecule has 0 heterocycles. The van der Waals surface area contributed by atoms with E-state index < -0.39 is 40.3 Å². The number of halogens is 6. The second-order valence-corrected chi connectivity index (χ2v) is 6.42. The summed E-state index contributed by atoms with van der Waals surface area (Å²) in [6.07, 6.45) is 0.954. The summed E-state index contributed by atoms with van der Waals surface area (Å²) in [5.74, 6) is -7.45. The van der Waals surface area contributed by atoms with Crippen LogP contribution in [0.25, 0.3) is 10.8 Å². The molecule has 0 spiro atoms. The fourth-order valence-corrected chi connectivity index (χ4v) is 3.15. The molecule has 0 N–H and O–H groups in total. The van der Waals surface area contributed by atoms with Crippen LogP contribution >= 0.6 is 0 Å². The van der Waals surface area contributed by atoms with Gasteiger partial charge in [0.1, 0.15) is 5.82 Å². The van der Waals surface area contributed by atoms with Crippen LogP contribution in [-0.4, -0.2) is 0 Å². The van der Waals surface area contributed by atoms with Crippen LogP contribution in [0.3, 0.4) is 0 Å². The van der Waals surface area contributed by atoms with Crippen LogP contribution in [0, 0.1) is 34.9 Å². The molecule has 3 aromatic rings. The maximum absolute atomic E-state index is 14.7. The van der Waals surface area contributed by atoms with Gasteiger partial charge in [0.15, 0.2) is 29.1 Å². The molecular weight excluding hydrogens is 366 g/mol. The van der Waals surface area contributed by atoms with E-state index in [1.165, 1.54) is 18.2 Å². The largest absolute Gasteiger partial charge is 0.206 e. The lowest BCUT2D eigenvalue weighted by Crippen LogP contribution is -2.02. The van der Waals surface area contributed by atoms with Gasteiger partial charge in [-0.25, -0.2) is 26.3 Å². The molecular formula is C21H16F6. The van der Waals surface area contributed by atoms with Gasteiger partial charge >= 0.3 is 0 Å². The molecule has 0 aromatic heterocycles. The summed E-state index contributed by atoms with van der Waals surface area (Å²) in [4.78, 5) is 0. The fraction of sp³-hybridized carbons (Fsp3) is 0.238. The second kappa shape index (κ2) is 7.62. The lowest BCUT2D eigenvalue weighted by molar-refractivity contribution is 0.445. The molecule has 0 saturated carbocycles. The molecule has 0 radical (unpaired) electrons. The average Bonchev–Trinajstić information content (AvgIpc) is 2.63. The van der Waals surface area contributed by atoms with Crippen LogP contribution in [0.1, 0.15) is 30.0 Å². The first kappa shape index (κ1) is 19.3. The van der Waals surface area contributed by atoms with Gasteiger partial charge < -0.3 is 0 Å². The van der Waals surface area contributed by atoms with Gasteiger partial charge in [0.25, 0.3) is 0 Å². The number of rotatable bonds is 5. The van der Waals surface area contributed by atoms with E-state index in [4.69, 9.17) is 0 Å². The summed E-state index contributed by atoms with van der Waals surface area (Å²) in [5.41, 5.74) is 0.400. The van der Waals surface area contributed by atoms with Gasteiger partial charge in [-0.2, -0.15) is 0 Å². The third-order valence-electron chi connectivity index (χ3n) is 4.52. The zero-order chi connectivity index (χ0) is 19.7. The van der Waals surface area contributed by atoms with Crippen molar-refractivity contribution in [2.45, 2.75) is 32.6 Å². The van der Waals surface area contributed by atoms with Crippen LogP contribution in [0.4, 0.5) is 26.3 Å². The Morgan fingerprint density at radius 1 is 0.630 bits per heavy atom. The highest BCUT2D eigenvalue weighted by molar-refractivity contribution is 5.85. The van der Waals surface area contributed by atoms with Crippen molar-refractivity contribution in [1.82, 2.24) is 0 Å². The van der Waals surface area contributed by atoms with Crippen molar-refractivity contribution >= 4 is 10.8 Å². The zero-order valence-corrected chi connectivity index (χ0v) is 14.5. The maximum atomic E-state index is 14.7. The van der Waals surface area contributed by atoms with Crippen LogP contribution in [0.15, 0.2) is 30.3 Å². The molecule has 6 heteroatoms. The van der Waals surface area contributed by atoms with Crippen molar-refractivity contribution in [2.75, 3.05) is 0 Å². The Bertz CT molecular complexity index is 986. The first-order chi connectivity index (χ1) is 12.8. The molecule has 0 aliphatic rings. The van der Waals surface area contributed by atoms with Crippen molar-refractivity contribution in [3.8, 4) is 0 Å². The van der Waals surface area contributed by atoms with Gasteiger partial charge in [0.2, 0.25) is 0 Å². The van der Waals surface area contributed by atoms with Crippen molar-refractivity contribution < 1.29 is 26.3 Å². The molecule has 0 aliphatic carbocycles. The summed E-state index contributed by atoms with van der Waals surface area (Å²) in [5, 5.41) is -0.196. The number of benzene rings is 3. The minimum atomic E-state index is -1.57. The molecule has 142 valence electrons. The molecule has 3 rings (SSSR count). The zero-order valence-electron chi connectivity index (χ0n) is 14.5. The molecule has 3 aromatic carbocycles. The van der Waals surface area contributed by atoms with Crippen LogP contribution in [0.2, 0.25) is 0 Å². The summed E-state index contributed by atoms with van der Waals surface area (Å²) in [6.45, 7) is 1.83. The first-order valence-corrected chi connectivity index (χ1v) is 8.54. The minimum absolute atomic E-state index is 0.00850. The van der Waals surface area contributed by atoms with Gasteiger partial charge in [-0.05, 0) is 59.5 Å². The lowest BCUT2D eigenvalue weighted by atomic mass is 9.97. The number of aryl methyl sites for hydroxylation is 3. The third-order valence-corrected chi connectivity index (χ3v) is 4.52. The minimum Gasteiger partial charge on any atom is -0.206 e. The van der Waals surface area contributed by atoms with Gasteiger partial charge in [0, 0.05) is 0 Å². The first-order valence-electron chi connectivity index (χ1n) is 8.54. The summed E-state index contributed by atoms with van der Waals surface area (Å²) in [6, 6.07) is 6.00. The Kier molecular flexibility index (Phi) is 5.44. The average molecular weight is 382 g/mol. The highest BCUT2D eigenvalue weighted by Crippen LogP contribution is 2.29. The Morgan fingerprint density at radius 2 is 1.30 bits per heavy atom. The monoisotopic (exact) mass is 382 g/mol. The van der Waals surface area contributed by atoms with Gasteiger partial charge in [-0.15, -0.1) is 0 Å². The molecule has 0 fully saturated rings. The van der Waals surface area contributed by atoms with Crippen molar-refractivity contribution in [2.24, 2.45) is 0 Å². The Morgan fingerprint density at radius 3 is 1.93 bits per heavy atom. The van der Waals surface area contributed by atoms with Gasteiger partial charge in [-0.1, -0.05) is 25.5 Å². The number of fused-ring (bicyclic) bond motifs is 1. The Balaban J connectivity index is 1.95. The molecule has 0 amide bonds. The topological polar surface area (TPSA) is 0 Å². The maximum Gasteiger partial charge on any atom is 0.194 e. The fourth-order valence-electron chi connectivity index (χ4n) is 3.15. The van der Waals surface area contributed by atoms with E-state index >= 15 is 0 Å². The predicted molar refractivity (Wildman–Crippen MR) is 91.5 cm³/mol. The quantitative estimate of drug-likeness (QED) is 0.353. The summed E-state index contributed by atoms with van der Waals surface area (Å²) < 4.78 is 82.8. The smallest absolute Gasteiger partial charge is 0.194 e. The molecule has 0 aliphatic heterocycles. The normalized spacial score (nSPS) is 11.4. The van der Waals surface area contributed by atoms with Gasteiger partial charge in [-0.3, -0.25) is 0 Å². The molecule has 0 unspecified atom stereocenters. The molecule has 0 atom stereocenters. The van der Waals surface area contributed by atoms with Crippen molar-refractivity contribution in [3.63, 3.8) is 0 Å². The predicted octanol–water partition coefficient (Wildman–Crippen LogP) is 6.41. The van der Waals surface area contributed by atoms with E-state index in [0.717, 1.165) is 12.1 Å². The molecule has 0 nitrogen and oxygen atoms in total. The molecule has 27 heavy (non-hydrogen) atoms. The highest BCUT2D eigenvalue weighted by atomic mass is 19.2. The van der Waals surface area contributed by atoms with E-state index in [0.29, 0.717) is 12.8 Å². The van der Waals surface area contributed by atoms with Crippen LogP contribution in [-0.2, 0) is 19.3 Å². The van der Waals surface area contributed by atoms with Crippen LogP contribution in [0.5, 0.6) is 0 Å². The van der Waals surface area contributed by atoms with E-state index in [-0.39, 0.29) is 34.9 Å². The van der Waals surface area contributed by atoms with Crippen molar-refractivity contribution in [1.29, 1.82) is 0 Å². The highest BCUT2D eigenvalue weighted by Gasteiger charge is 2.18. The Hall–Kier alpha value is -2.50. The number of hydrogen-bond donors (Lipinski definition) is 0. The second-order valence-electron chi connectivity index (χ2n) is 6.42. The molecule has 0 bridgehead atoms. The Labute approximate surface area is 152 Å². The number of hydrogen-bond acceptors (Lipinski definition) is 0. The van der Waals surface area contributed by atoms with Gasteiger partial charge in [0.05, 0.1) is 5.39 Å². The summed E-state index contributed by atoms with van der Waals surface area (Å²) in [7, 11) is 0. The molecule has 0 saturated heterocycles. The van der Waals surface area contributed by atoms with E-state index in [1.807, 2.05) is 6.92 Å². The van der Waals surface area contributed by atoms with E-state index in [9.17, 15) is 26.3 Å². The standard InChI is InChI=1S/C21H16F6/c1-2-3-14-10-13-7-6-12(18(24)17(13)21(27)19(14)25)5-4-11-8-15(22)20(26)16(23)9-11/h6-10H,2-5H2,1H3. The van der Waals surface area contributed by atoms with Crippen LogP contribution < -0.4 is 0 Å². The SMILES string of the molecule is CCCc1cc2ccc(CCc3cc(F)c(F)c(F)c3)c(F)c2c(F)c1F. The van der Waals surface area contributed by atoms with E-state index in [1.54, 1.807) is 0 Å². The lowest BCUT2D eigenvalue weighted by Gasteiger charge is -2.11. The third kappa shape index (κ3) is 3.66. The van der Waals surface area contributed by atoms with Crippen molar-refractivity contribution in [3.05, 3.63) is 81.9 Å².